The van der Waals surface area contributed by atoms with Crippen molar-refractivity contribution >= 4 is 27.7 Å². The molecule has 0 N–H and O–H groups in total. The normalized spacial score (nSPS) is 10.8. The smallest absolute Gasteiger partial charge is 0.169 e. The summed E-state index contributed by atoms with van der Waals surface area (Å²) >= 11 is 5.06. The van der Waals surface area contributed by atoms with Crippen LogP contribution in [0, 0.1) is 6.92 Å². The molecule has 0 spiro atoms. The molecule has 0 saturated heterocycles. The Morgan fingerprint density at radius 2 is 2.13 bits per heavy atom. The Hall–Kier alpha value is -0.610. The highest BCUT2D eigenvalue weighted by molar-refractivity contribution is 9.10. The van der Waals surface area contributed by atoms with Crippen molar-refractivity contribution in [2.45, 2.75) is 18.4 Å². The summed E-state index contributed by atoms with van der Waals surface area (Å²) in [6, 6.07) is 5.87. The minimum Gasteiger partial charge on any atom is -0.468 e. The first-order valence-corrected chi connectivity index (χ1v) is 6.55. The maximum atomic E-state index is 5.40. The van der Waals surface area contributed by atoms with Gasteiger partial charge in [0.05, 0.1) is 17.8 Å². The molecule has 0 saturated carbocycles. The van der Waals surface area contributed by atoms with Crippen molar-refractivity contribution in [1.82, 2.24) is 0 Å². The molecule has 0 bridgehead atoms. The highest BCUT2D eigenvalue weighted by Crippen LogP contribution is 2.23. The van der Waals surface area contributed by atoms with Crippen molar-refractivity contribution in [3.8, 4) is 0 Å². The zero-order chi connectivity index (χ0) is 10.7. The van der Waals surface area contributed by atoms with E-state index in [1.54, 1.807) is 18.0 Å². The molecule has 2 rings (SSSR count). The Morgan fingerprint density at radius 1 is 1.27 bits per heavy atom. The van der Waals surface area contributed by atoms with Crippen LogP contribution in [0.5, 0.6) is 0 Å². The summed E-state index contributed by atoms with van der Waals surface area (Å²) in [7, 11) is 0. The predicted molar refractivity (Wildman–Crippen MR) is 64.9 cm³/mol. The average Bonchev–Trinajstić information content (AvgIpc) is 2.77. The molecule has 2 aromatic rings. The monoisotopic (exact) mass is 286 g/mol. The Labute approximate surface area is 101 Å². The molecule has 15 heavy (non-hydrogen) atoms. The van der Waals surface area contributed by atoms with Crippen molar-refractivity contribution in [2.75, 3.05) is 0 Å². The van der Waals surface area contributed by atoms with Crippen LogP contribution in [0.2, 0.25) is 0 Å². The first-order valence-electron chi connectivity index (χ1n) is 4.60. The molecule has 0 aliphatic rings. The second-order valence-corrected chi connectivity index (χ2v) is 4.99. The Morgan fingerprint density at radius 3 is 2.73 bits per heavy atom. The van der Waals surface area contributed by atoms with Gasteiger partial charge in [-0.15, -0.1) is 11.8 Å². The van der Waals surface area contributed by atoms with Crippen LogP contribution >= 0.6 is 27.7 Å². The van der Waals surface area contributed by atoms with Gasteiger partial charge in [-0.1, -0.05) is 0 Å². The number of furan rings is 2. The third-order valence-electron chi connectivity index (χ3n) is 2.07. The van der Waals surface area contributed by atoms with Gasteiger partial charge in [0.25, 0.3) is 0 Å². The van der Waals surface area contributed by atoms with Crippen LogP contribution in [-0.2, 0) is 11.5 Å². The minimum absolute atomic E-state index is 0.785. The minimum atomic E-state index is 0.785. The second kappa shape index (κ2) is 4.94. The first-order chi connectivity index (χ1) is 7.25. The lowest BCUT2D eigenvalue weighted by Crippen LogP contribution is -1.81. The highest BCUT2D eigenvalue weighted by Gasteiger charge is 2.04. The van der Waals surface area contributed by atoms with Gasteiger partial charge in [0, 0.05) is 0 Å². The van der Waals surface area contributed by atoms with E-state index in [0.29, 0.717) is 0 Å². The second-order valence-electron chi connectivity index (χ2n) is 3.23. The largest absolute Gasteiger partial charge is 0.468 e. The van der Waals surface area contributed by atoms with Gasteiger partial charge in [-0.2, -0.15) is 0 Å². The van der Waals surface area contributed by atoms with Crippen LogP contribution in [0.15, 0.2) is 38.0 Å². The zero-order valence-electron chi connectivity index (χ0n) is 8.33. The summed E-state index contributed by atoms with van der Waals surface area (Å²) in [4.78, 5) is 0. The Balaban J connectivity index is 1.83. The van der Waals surface area contributed by atoms with Crippen molar-refractivity contribution in [1.29, 1.82) is 0 Å². The molecule has 4 heteroatoms. The maximum Gasteiger partial charge on any atom is 0.169 e. The number of hydrogen-bond donors (Lipinski definition) is 0. The quantitative estimate of drug-likeness (QED) is 0.834. The fourth-order valence-electron chi connectivity index (χ4n) is 1.23. The van der Waals surface area contributed by atoms with Gasteiger partial charge in [-0.05, 0) is 46.6 Å². The topological polar surface area (TPSA) is 26.3 Å². The number of aryl methyl sites for hydroxylation is 1. The van der Waals surface area contributed by atoms with E-state index in [0.717, 1.165) is 27.7 Å². The van der Waals surface area contributed by atoms with E-state index in [1.165, 1.54) is 5.56 Å². The van der Waals surface area contributed by atoms with Crippen molar-refractivity contribution in [2.24, 2.45) is 0 Å². The third-order valence-corrected chi connectivity index (χ3v) is 3.46. The number of rotatable bonds is 4. The molecule has 0 aliphatic carbocycles. The molecule has 0 radical (unpaired) electrons. The zero-order valence-corrected chi connectivity index (χ0v) is 10.7. The van der Waals surface area contributed by atoms with Crippen LogP contribution in [0.1, 0.15) is 17.1 Å². The molecule has 2 nitrogen and oxygen atoms in total. The molecule has 0 fully saturated rings. The lowest BCUT2D eigenvalue weighted by Gasteiger charge is -1.97. The van der Waals surface area contributed by atoms with E-state index in [-0.39, 0.29) is 0 Å². The summed E-state index contributed by atoms with van der Waals surface area (Å²) in [5.41, 5.74) is 1.21. The Bertz CT molecular complexity index is 433. The van der Waals surface area contributed by atoms with Crippen LogP contribution in [0.4, 0.5) is 0 Å². The van der Waals surface area contributed by atoms with Gasteiger partial charge in [-0.25, -0.2) is 0 Å². The van der Waals surface area contributed by atoms with Gasteiger partial charge >= 0.3 is 0 Å². The number of halogens is 1. The SMILES string of the molecule is Cc1ccoc1CSCc1ccc(Br)o1. The van der Waals surface area contributed by atoms with Gasteiger partial charge in [0.15, 0.2) is 4.67 Å². The molecule has 2 aromatic heterocycles. The van der Waals surface area contributed by atoms with Gasteiger partial charge in [0.2, 0.25) is 0 Å². The van der Waals surface area contributed by atoms with Crippen molar-refractivity contribution in [3.05, 3.63) is 46.2 Å². The Kier molecular flexibility index (Phi) is 3.59. The van der Waals surface area contributed by atoms with Crippen molar-refractivity contribution < 1.29 is 8.83 Å². The molecule has 0 atom stereocenters. The van der Waals surface area contributed by atoms with E-state index in [4.69, 9.17) is 8.83 Å². The van der Waals surface area contributed by atoms with Gasteiger partial charge in [-0.3, -0.25) is 0 Å². The van der Waals surface area contributed by atoms with E-state index in [1.807, 2.05) is 18.2 Å². The summed E-state index contributed by atoms with van der Waals surface area (Å²) in [6.45, 7) is 2.06. The van der Waals surface area contributed by atoms with Gasteiger partial charge < -0.3 is 8.83 Å². The maximum absolute atomic E-state index is 5.40. The summed E-state index contributed by atoms with van der Waals surface area (Å²) in [5.74, 6) is 3.78. The molecule has 2 heterocycles. The van der Waals surface area contributed by atoms with E-state index < -0.39 is 0 Å². The molecular weight excluding hydrogens is 276 g/mol. The third kappa shape index (κ3) is 2.92. The molecule has 0 unspecified atom stereocenters. The standard InChI is InChI=1S/C11H11BrO2S/c1-8-4-5-13-10(8)7-15-6-9-2-3-11(12)14-9/h2-5H,6-7H2,1H3. The van der Waals surface area contributed by atoms with Crippen LogP contribution in [0.3, 0.4) is 0 Å². The summed E-state index contributed by atoms with van der Waals surface area (Å²) < 4.78 is 11.5. The number of hydrogen-bond acceptors (Lipinski definition) is 3. The lowest BCUT2D eigenvalue weighted by molar-refractivity contribution is 0.506. The van der Waals surface area contributed by atoms with Crippen LogP contribution in [-0.4, -0.2) is 0 Å². The molecule has 0 aliphatic heterocycles. The fourth-order valence-corrected chi connectivity index (χ4v) is 2.51. The molecule has 0 amide bonds. The van der Waals surface area contributed by atoms with Crippen molar-refractivity contribution in [3.63, 3.8) is 0 Å². The van der Waals surface area contributed by atoms with Crippen LogP contribution in [0.25, 0.3) is 0 Å². The first kappa shape index (κ1) is 10.9. The van der Waals surface area contributed by atoms with E-state index in [9.17, 15) is 0 Å². The summed E-state index contributed by atoms with van der Waals surface area (Å²) in [5, 5.41) is 0. The fraction of sp³-hybridized carbons (Fsp3) is 0.273. The van der Waals surface area contributed by atoms with E-state index >= 15 is 0 Å². The predicted octanol–water partition coefficient (Wildman–Crippen LogP) is 4.38. The molecule has 0 aromatic carbocycles. The average molecular weight is 287 g/mol. The van der Waals surface area contributed by atoms with E-state index in [2.05, 4.69) is 22.9 Å². The highest BCUT2D eigenvalue weighted by atomic mass is 79.9. The summed E-state index contributed by atoms with van der Waals surface area (Å²) in [6.07, 6.45) is 1.73. The van der Waals surface area contributed by atoms with Gasteiger partial charge in [0.1, 0.15) is 11.5 Å². The van der Waals surface area contributed by atoms with Crippen LogP contribution < -0.4 is 0 Å². The molecular formula is C11H11BrO2S. The number of thioether (sulfide) groups is 1. The molecule has 80 valence electrons. The lowest BCUT2D eigenvalue weighted by atomic mass is 10.3.